The number of carbonyl (C=O) groups excluding carboxylic acids is 1. The maximum Gasteiger partial charge on any atom is 0.266 e. The van der Waals surface area contributed by atoms with Crippen LogP contribution in [0.3, 0.4) is 0 Å². The molecule has 1 saturated heterocycles. The molecule has 5 rings (SSSR count). The van der Waals surface area contributed by atoms with E-state index >= 15 is 0 Å². The first-order valence-corrected chi connectivity index (χ1v) is 13.0. The summed E-state index contributed by atoms with van der Waals surface area (Å²) < 4.78 is 8.01. The number of carbonyl (C=O) groups is 1. The molecular formula is C30H25N3O2S2. The lowest BCUT2D eigenvalue weighted by Crippen LogP contribution is -2.27. The van der Waals surface area contributed by atoms with E-state index in [-0.39, 0.29) is 5.91 Å². The minimum absolute atomic E-state index is 0.0952. The van der Waals surface area contributed by atoms with Crippen molar-refractivity contribution in [3.8, 4) is 22.7 Å². The molecule has 0 unspecified atom stereocenters. The van der Waals surface area contributed by atoms with E-state index in [1.807, 2.05) is 103 Å². The van der Waals surface area contributed by atoms with Gasteiger partial charge in [0.2, 0.25) is 0 Å². The van der Waals surface area contributed by atoms with Gasteiger partial charge < -0.3 is 4.74 Å². The van der Waals surface area contributed by atoms with Crippen LogP contribution in [0.4, 0.5) is 0 Å². The zero-order valence-corrected chi connectivity index (χ0v) is 22.0. The van der Waals surface area contributed by atoms with E-state index in [9.17, 15) is 4.79 Å². The van der Waals surface area contributed by atoms with Gasteiger partial charge in [0, 0.05) is 17.3 Å². The van der Waals surface area contributed by atoms with Crippen molar-refractivity contribution in [2.24, 2.45) is 0 Å². The summed E-state index contributed by atoms with van der Waals surface area (Å²) >= 11 is 6.90. The predicted octanol–water partition coefficient (Wildman–Crippen LogP) is 6.81. The average Bonchev–Trinajstić information content (AvgIpc) is 3.46. The predicted molar refractivity (Wildman–Crippen MR) is 155 cm³/mol. The number of hydrogen-bond acceptors (Lipinski definition) is 5. The number of benzene rings is 3. The molecule has 0 bridgehead atoms. The fraction of sp³-hybridized carbons (Fsp3) is 0.100. The van der Waals surface area contributed by atoms with Gasteiger partial charge in [-0.3, -0.25) is 9.69 Å². The monoisotopic (exact) mass is 523 g/mol. The van der Waals surface area contributed by atoms with E-state index in [4.69, 9.17) is 22.1 Å². The summed E-state index contributed by atoms with van der Waals surface area (Å²) in [4.78, 5) is 15.6. The summed E-state index contributed by atoms with van der Waals surface area (Å²) in [5.41, 5.74) is 5.67. The Morgan fingerprint density at radius 3 is 2.46 bits per heavy atom. The van der Waals surface area contributed by atoms with E-state index in [0.717, 1.165) is 33.8 Å². The molecular weight excluding hydrogens is 498 g/mol. The Morgan fingerprint density at radius 2 is 1.76 bits per heavy atom. The molecule has 2 heterocycles. The molecule has 0 aliphatic carbocycles. The molecule has 0 N–H and O–H groups in total. The highest BCUT2D eigenvalue weighted by Crippen LogP contribution is 2.36. The van der Waals surface area contributed by atoms with E-state index < -0.39 is 0 Å². The Balaban J connectivity index is 1.48. The van der Waals surface area contributed by atoms with Crippen molar-refractivity contribution in [1.29, 1.82) is 0 Å². The molecule has 3 aromatic carbocycles. The van der Waals surface area contributed by atoms with Crippen LogP contribution < -0.4 is 4.74 Å². The first kappa shape index (κ1) is 24.7. The van der Waals surface area contributed by atoms with Crippen LogP contribution >= 0.6 is 24.0 Å². The van der Waals surface area contributed by atoms with Crippen LogP contribution in [-0.2, 0) is 11.3 Å². The number of aromatic nitrogens is 2. The van der Waals surface area contributed by atoms with E-state index in [2.05, 4.69) is 6.58 Å². The van der Waals surface area contributed by atoms with Crippen molar-refractivity contribution in [2.45, 2.75) is 13.5 Å². The van der Waals surface area contributed by atoms with Crippen molar-refractivity contribution in [1.82, 2.24) is 14.7 Å². The third-order valence-electron chi connectivity index (χ3n) is 5.88. The molecule has 0 atom stereocenters. The van der Waals surface area contributed by atoms with Gasteiger partial charge in [-0.05, 0) is 55.0 Å². The number of ether oxygens (including phenoxy) is 1. The topological polar surface area (TPSA) is 47.4 Å². The Kier molecular flexibility index (Phi) is 7.35. The average molecular weight is 524 g/mol. The third kappa shape index (κ3) is 5.58. The van der Waals surface area contributed by atoms with Crippen molar-refractivity contribution >= 4 is 40.3 Å². The lowest BCUT2D eigenvalue weighted by atomic mass is 10.1. The molecule has 7 heteroatoms. The van der Waals surface area contributed by atoms with Crippen molar-refractivity contribution < 1.29 is 9.53 Å². The zero-order valence-electron chi connectivity index (χ0n) is 20.3. The number of aryl methyl sites for hydroxylation is 1. The van der Waals surface area contributed by atoms with Gasteiger partial charge in [0.1, 0.15) is 16.7 Å². The highest BCUT2D eigenvalue weighted by Gasteiger charge is 2.32. The number of hydrogen-bond donors (Lipinski definition) is 0. The number of para-hydroxylation sites is 1. The van der Waals surface area contributed by atoms with E-state index in [1.165, 1.54) is 17.3 Å². The van der Waals surface area contributed by atoms with Gasteiger partial charge >= 0.3 is 0 Å². The van der Waals surface area contributed by atoms with Crippen LogP contribution in [0.25, 0.3) is 23.0 Å². The Bertz CT molecular complexity index is 1470. The fourth-order valence-electron chi connectivity index (χ4n) is 3.95. The van der Waals surface area contributed by atoms with Crippen LogP contribution in [0.2, 0.25) is 0 Å². The SMILES string of the molecule is C=CCOc1ccc(-c2nn(-c3ccccc3)cc2C=C2SC(=S)N(Cc3ccc(C)cc3)C2=O)cc1. The maximum atomic E-state index is 13.4. The van der Waals surface area contributed by atoms with Crippen LogP contribution in [0, 0.1) is 6.92 Å². The molecule has 37 heavy (non-hydrogen) atoms. The second-order valence-corrected chi connectivity index (χ2v) is 10.3. The quantitative estimate of drug-likeness (QED) is 0.144. The molecule has 4 aromatic rings. The largest absolute Gasteiger partial charge is 0.490 e. The van der Waals surface area contributed by atoms with Gasteiger partial charge in [-0.25, -0.2) is 4.68 Å². The van der Waals surface area contributed by atoms with Gasteiger partial charge in [-0.1, -0.05) is 84.7 Å². The third-order valence-corrected chi connectivity index (χ3v) is 7.26. The molecule has 1 aliphatic rings. The first-order chi connectivity index (χ1) is 18.0. The summed E-state index contributed by atoms with van der Waals surface area (Å²) in [6.45, 7) is 6.62. The number of amides is 1. The summed E-state index contributed by atoms with van der Waals surface area (Å²) in [5, 5.41) is 4.87. The maximum absolute atomic E-state index is 13.4. The van der Waals surface area contributed by atoms with Crippen molar-refractivity contribution in [3.63, 3.8) is 0 Å². The molecule has 1 amide bonds. The van der Waals surface area contributed by atoms with Gasteiger partial charge in [0.05, 0.1) is 22.8 Å². The summed E-state index contributed by atoms with van der Waals surface area (Å²) in [5.74, 6) is 0.659. The van der Waals surface area contributed by atoms with Crippen molar-refractivity contribution in [3.05, 3.63) is 119 Å². The molecule has 0 saturated carbocycles. The number of nitrogens with zero attached hydrogens (tertiary/aromatic N) is 3. The minimum Gasteiger partial charge on any atom is -0.490 e. The molecule has 184 valence electrons. The summed E-state index contributed by atoms with van der Waals surface area (Å²) in [7, 11) is 0. The lowest BCUT2D eigenvalue weighted by molar-refractivity contribution is -0.122. The minimum atomic E-state index is -0.0952. The highest BCUT2D eigenvalue weighted by molar-refractivity contribution is 8.26. The van der Waals surface area contributed by atoms with Crippen LogP contribution in [0.15, 0.2) is 103 Å². The Morgan fingerprint density at radius 1 is 1.03 bits per heavy atom. The van der Waals surface area contributed by atoms with Crippen LogP contribution in [0.1, 0.15) is 16.7 Å². The fourth-order valence-corrected chi connectivity index (χ4v) is 5.19. The van der Waals surface area contributed by atoms with Crippen molar-refractivity contribution in [2.75, 3.05) is 6.61 Å². The second kappa shape index (κ2) is 11.0. The van der Waals surface area contributed by atoms with Gasteiger partial charge in [-0.15, -0.1) is 0 Å². The first-order valence-electron chi connectivity index (χ1n) is 11.8. The Hall–Kier alpha value is -3.94. The smallest absolute Gasteiger partial charge is 0.266 e. The van der Waals surface area contributed by atoms with E-state index in [0.29, 0.717) is 22.4 Å². The molecule has 1 aromatic heterocycles. The highest BCUT2D eigenvalue weighted by atomic mass is 32.2. The second-order valence-electron chi connectivity index (χ2n) is 8.59. The molecule has 0 spiro atoms. The number of thioether (sulfide) groups is 1. The van der Waals surface area contributed by atoms with Gasteiger partial charge in [0.15, 0.2) is 0 Å². The molecule has 5 nitrogen and oxygen atoms in total. The summed E-state index contributed by atoms with van der Waals surface area (Å²) in [6.07, 6.45) is 5.54. The normalized spacial score (nSPS) is 14.4. The van der Waals surface area contributed by atoms with Gasteiger partial charge in [-0.2, -0.15) is 5.10 Å². The number of thiocarbonyl (C=S) groups is 1. The summed E-state index contributed by atoms with van der Waals surface area (Å²) in [6, 6.07) is 25.8. The standard InChI is InChI=1S/C30H25N3O2S2/c1-3-17-35-26-15-13-23(14-16-26)28-24(20-33(31-28)25-7-5-4-6-8-25)18-27-29(34)32(30(36)37-27)19-22-11-9-21(2)10-12-22/h3-16,18,20H,1,17,19H2,2H3. The van der Waals surface area contributed by atoms with E-state index in [1.54, 1.807) is 11.0 Å². The number of rotatable bonds is 8. The van der Waals surface area contributed by atoms with Gasteiger partial charge in [0.25, 0.3) is 5.91 Å². The van der Waals surface area contributed by atoms with Crippen LogP contribution in [-0.4, -0.2) is 31.5 Å². The Labute approximate surface area is 226 Å². The molecule has 0 radical (unpaired) electrons. The van der Waals surface area contributed by atoms with Crippen LogP contribution in [0.5, 0.6) is 5.75 Å². The molecule has 1 aliphatic heterocycles. The zero-order chi connectivity index (χ0) is 25.8. The lowest BCUT2D eigenvalue weighted by Gasteiger charge is -2.14. The molecule has 1 fully saturated rings.